The van der Waals surface area contributed by atoms with E-state index in [0.717, 1.165) is 70.6 Å². The summed E-state index contributed by atoms with van der Waals surface area (Å²) in [4.78, 5) is 11.7. The second-order valence-electron chi connectivity index (χ2n) is 13.5. The van der Waals surface area contributed by atoms with Crippen molar-refractivity contribution in [3.05, 3.63) is 11.6 Å². The summed E-state index contributed by atoms with van der Waals surface area (Å²) in [6.07, 6.45) is 18.7. The highest BCUT2D eigenvalue weighted by Crippen LogP contribution is 2.31. The highest BCUT2D eigenvalue weighted by atomic mass is 16.5. The lowest BCUT2D eigenvalue weighted by molar-refractivity contribution is -0.139. The highest BCUT2D eigenvalue weighted by Gasteiger charge is 2.36. The van der Waals surface area contributed by atoms with Crippen LogP contribution in [-0.4, -0.2) is 81.3 Å². The van der Waals surface area contributed by atoms with Gasteiger partial charge in [-0.2, -0.15) is 0 Å². The molecule has 0 amide bonds. The van der Waals surface area contributed by atoms with E-state index in [2.05, 4.69) is 6.92 Å². The summed E-state index contributed by atoms with van der Waals surface area (Å²) in [7, 11) is 0. The van der Waals surface area contributed by atoms with Gasteiger partial charge in [0.05, 0.1) is 48.8 Å². The summed E-state index contributed by atoms with van der Waals surface area (Å²) in [5.74, 6) is -0.309. The first kappa shape index (κ1) is 36.4. The Morgan fingerprint density at radius 3 is 1.86 bits per heavy atom. The van der Waals surface area contributed by atoms with Gasteiger partial charge >= 0.3 is 5.97 Å². The van der Waals surface area contributed by atoms with Gasteiger partial charge in [0.2, 0.25) is 0 Å². The number of unbranched alkanes of at least 4 members (excludes halogenated alkanes) is 9. The van der Waals surface area contributed by atoms with Gasteiger partial charge in [-0.05, 0) is 70.8 Å². The van der Waals surface area contributed by atoms with Crippen molar-refractivity contribution in [2.75, 3.05) is 0 Å². The Labute approximate surface area is 260 Å². The van der Waals surface area contributed by atoms with Gasteiger partial charge < -0.3 is 34.6 Å². The van der Waals surface area contributed by atoms with Crippen LogP contribution in [0.1, 0.15) is 149 Å². The van der Waals surface area contributed by atoms with Gasteiger partial charge in [-0.3, -0.25) is 0 Å². The molecule has 8 nitrogen and oxygen atoms in total. The molecule has 0 unspecified atom stereocenters. The highest BCUT2D eigenvalue weighted by molar-refractivity contribution is 5.90. The second-order valence-corrected chi connectivity index (χ2v) is 13.5. The van der Waals surface area contributed by atoms with Gasteiger partial charge in [0.15, 0.2) is 0 Å². The molecule has 3 rings (SSSR count). The molecule has 0 aromatic carbocycles. The summed E-state index contributed by atoms with van der Waals surface area (Å²) < 4.78 is 17.3. The fourth-order valence-corrected chi connectivity index (χ4v) is 6.94. The first-order valence-electron chi connectivity index (χ1n) is 17.7. The van der Waals surface area contributed by atoms with Crippen LogP contribution in [0.5, 0.6) is 0 Å². The number of carbonyl (C=O) groups excluding carboxylic acids is 1. The van der Waals surface area contributed by atoms with Gasteiger partial charge in [-0.25, -0.2) is 4.79 Å². The Hall–Kier alpha value is -1.03. The zero-order chi connectivity index (χ0) is 31.0. The molecule has 4 N–H and O–H groups in total. The zero-order valence-corrected chi connectivity index (χ0v) is 27.0. The average Bonchev–Trinajstić information content (AvgIpc) is 3.73. The topological polar surface area (TPSA) is 126 Å². The number of cyclic esters (lactones) is 1. The standard InChI is InChI=1S/C35H62O8/c1-3-4-5-6-7-8-9-13-16-29(37)33-21-22-34(43-33)31(39)19-18-30(38)32-20-17-28(42-32)15-12-10-11-14-27(36)24-26-23-25(2)41-35(26)40/h23,25,27-34,36-39H,3-22,24H2,1-2H3/t25-,27+,28-,29+,30+,31-,32-,33+,34-/m1/s1. The third-order valence-electron chi connectivity index (χ3n) is 9.63. The van der Waals surface area contributed by atoms with Crippen molar-refractivity contribution < 1.29 is 39.4 Å². The predicted octanol–water partition coefficient (Wildman–Crippen LogP) is 6.05. The van der Waals surface area contributed by atoms with E-state index in [4.69, 9.17) is 14.2 Å². The fourth-order valence-electron chi connectivity index (χ4n) is 6.94. The molecule has 2 fully saturated rings. The van der Waals surface area contributed by atoms with E-state index in [1.165, 1.54) is 38.5 Å². The van der Waals surface area contributed by atoms with E-state index in [1.807, 2.05) is 6.92 Å². The number of hydrogen-bond donors (Lipinski definition) is 4. The molecular formula is C35H62O8. The van der Waals surface area contributed by atoms with Crippen LogP contribution in [0, 0.1) is 0 Å². The van der Waals surface area contributed by atoms with E-state index in [1.54, 1.807) is 6.08 Å². The maximum atomic E-state index is 11.7. The lowest BCUT2D eigenvalue weighted by Gasteiger charge is -2.24. The van der Waals surface area contributed by atoms with E-state index in [9.17, 15) is 25.2 Å². The normalized spacial score (nSPS) is 28.6. The summed E-state index contributed by atoms with van der Waals surface area (Å²) in [6.45, 7) is 4.06. The molecule has 2 saturated heterocycles. The van der Waals surface area contributed by atoms with Crippen LogP contribution in [0.25, 0.3) is 0 Å². The number of rotatable bonds is 23. The molecule has 0 aliphatic carbocycles. The zero-order valence-electron chi connectivity index (χ0n) is 27.0. The van der Waals surface area contributed by atoms with Gasteiger partial charge in [-0.1, -0.05) is 77.6 Å². The number of carbonyl (C=O) groups is 1. The maximum Gasteiger partial charge on any atom is 0.334 e. The SMILES string of the molecule is CCCCCCCCCC[C@H](O)[C@@H]1CC[C@H]([C@H](O)CC[C@H](O)[C@H]2CC[C@@H](CCCCC[C@H](O)CC3=C[C@@H](C)OC3=O)O2)O1. The molecule has 0 saturated carbocycles. The molecule has 9 atom stereocenters. The van der Waals surface area contributed by atoms with Gasteiger partial charge in [0, 0.05) is 12.0 Å². The number of aliphatic hydroxyl groups is 4. The van der Waals surface area contributed by atoms with Crippen LogP contribution >= 0.6 is 0 Å². The number of esters is 1. The second kappa shape index (κ2) is 20.2. The van der Waals surface area contributed by atoms with Gasteiger partial charge in [0.25, 0.3) is 0 Å². The molecule has 0 aromatic heterocycles. The van der Waals surface area contributed by atoms with Crippen molar-refractivity contribution in [3.63, 3.8) is 0 Å². The van der Waals surface area contributed by atoms with Crippen LogP contribution < -0.4 is 0 Å². The molecule has 0 radical (unpaired) electrons. The third-order valence-corrected chi connectivity index (χ3v) is 9.63. The van der Waals surface area contributed by atoms with E-state index in [-0.39, 0.29) is 36.5 Å². The summed E-state index contributed by atoms with van der Waals surface area (Å²) in [6, 6.07) is 0. The van der Waals surface area contributed by atoms with Crippen molar-refractivity contribution >= 4 is 5.97 Å². The number of ether oxygens (including phenoxy) is 3. The molecule has 0 spiro atoms. The Kier molecular flexibility index (Phi) is 17.1. The van der Waals surface area contributed by atoms with E-state index >= 15 is 0 Å². The largest absolute Gasteiger partial charge is 0.455 e. The van der Waals surface area contributed by atoms with Crippen molar-refractivity contribution in [2.24, 2.45) is 0 Å². The quantitative estimate of drug-likeness (QED) is 0.0814. The van der Waals surface area contributed by atoms with Crippen molar-refractivity contribution in [1.82, 2.24) is 0 Å². The molecule has 250 valence electrons. The fraction of sp³-hybridized carbons (Fsp3) is 0.914. The van der Waals surface area contributed by atoms with Crippen molar-refractivity contribution in [2.45, 2.75) is 204 Å². The molecule has 8 heteroatoms. The van der Waals surface area contributed by atoms with Gasteiger partial charge in [0.1, 0.15) is 6.10 Å². The first-order valence-corrected chi connectivity index (χ1v) is 17.7. The van der Waals surface area contributed by atoms with Crippen LogP contribution in [0.4, 0.5) is 0 Å². The predicted molar refractivity (Wildman–Crippen MR) is 168 cm³/mol. The minimum absolute atomic E-state index is 0.149. The monoisotopic (exact) mass is 610 g/mol. The third kappa shape index (κ3) is 13.5. The van der Waals surface area contributed by atoms with Crippen LogP contribution in [-0.2, 0) is 19.0 Å². The van der Waals surface area contributed by atoms with Crippen molar-refractivity contribution in [1.29, 1.82) is 0 Å². The Morgan fingerprint density at radius 1 is 0.698 bits per heavy atom. The maximum absolute atomic E-state index is 11.7. The Balaban J connectivity index is 1.19. The average molecular weight is 611 g/mol. The first-order chi connectivity index (χ1) is 20.8. The van der Waals surface area contributed by atoms with Crippen molar-refractivity contribution in [3.8, 4) is 0 Å². The van der Waals surface area contributed by atoms with E-state index in [0.29, 0.717) is 31.3 Å². The molecule has 0 bridgehead atoms. The Bertz CT molecular complexity index is 803. The molecule has 3 heterocycles. The lowest BCUT2D eigenvalue weighted by Crippen LogP contribution is -2.33. The summed E-state index contributed by atoms with van der Waals surface area (Å²) in [5, 5.41) is 42.3. The molecule has 3 aliphatic heterocycles. The summed E-state index contributed by atoms with van der Waals surface area (Å²) in [5.41, 5.74) is 0.583. The van der Waals surface area contributed by atoms with E-state index < -0.39 is 24.4 Å². The molecular weight excluding hydrogens is 548 g/mol. The molecule has 0 aromatic rings. The summed E-state index contributed by atoms with van der Waals surface area (Å²) >= 11 is 0. The molecule has 3 aliphatic rings. The van der Waals surface area contributed by atoms with Gasteiger partial charge in [-0.15, -0.1) is 0 Å². The van der Waals surface area contributed by atoms with Crippen LogP contribution in [0.15, 0.2) is 11.6 Å². The number of aliphatic hydroxyl groups excluding tert-OH is 4. The number of hydrogen-bond acceptors (Lipinski definition) is 8. The van der Waals surface area contributed by atoms with Crippen LogP contribution in [0.2, 0.25) is 0 Å². The Morgan fingerprint density at radius 2 is 1.23 bits per heavy atom. The lowest BCUT2D eigenvalue weighted by atomic mass is 9.98. The smallest absolute Gasteiger partial charge is 0.334 e. The molecule has 43 heavy (non-hydrogen) atoms. The minimum atomic E-state index is -0.637. The van der Waals surface area contributed by atoms with Crippen LogP contribution in [0.3, 0.4) is 0 Å². The minimum Gasteiger partial charge on any atom is -0.455 e.